The lowest BCUT2D eigenvalue weighted by Gasteiger charge is -2.21. The van der Waals surface area contributed by atoms with E-state index in [2.05, 4.69) is 26.1 Å². The summed E-state index contributed by atoms with van der Waals surface area (Å²) in [6.45, 7) is 11.2. The van der Waals surface area contributed by atoms with Gasteiger partial charge >= 0.3 is 0 Å². The summed E-state index contributed by atoms with van der Waals surface area (Å²) >= 11 is 0. The van der Waals surface area contributed by atoms with Crippen molar-refractivity contribution in [1.29, 1.82) is 0 Å². The molecule has 3 nitrogen and oxygen atoms in total. The zero-order chi connectivity index (χ0) is 11.7. The van der Waals surface area contributed by atoms with Crippen LogP contribution in [0.1, 0.15) is 40.5 Å². The normalized spacial score (nSPS) is 15.0. The second kappa shape index (κ2) is 8.72. The van der Waals surface area contributed by atoms with Crippen LogP contribution in [0.15, 0.2) is 0 Å². The van der Waals surface area contributed by atoms with Crippen LogP contribution in [0.5, 0.6) is 0 Å². The number of carbonyl (C=O) groups excluding carboxylic acids is 1. The molecule has 0 bridgehead atoms. The topological polar surface area (TPSA) is 38.3 Å². The largest absolute Gasteiger partial charge is 0.464 e. The van der Waals surface area contributed by atoms with Gasteiger partial charge in [0.2, 0.25) is 0 Å². The van der Waals surface area contributed by atoms with Crippen LogP contribution in [-0.2, 0) is 9.53 Å². The standard InChI is InChI=1S/C12H25NO2/c1-5-12(15-9-14)11(4)6-7-13-8-10(2)3/h9-13H,5-8H2,1-4H3/t11-,12-/m1/s1. The van der Waals surface area contributed by atoms with E-state index in [4.69, 9.17) is 4.74 Å². The van der Waals surface area contributed by atoms with Gasteiger partial charge in [0.15, 0.2) is 0 Å². The lowest BCUT2D eigenvalue weighted by molar-refractivity contribution is -0.136. The molecule has 0 radical (unpaired) electrons. The maximum absolute atomic E-state index is 10.3. The van der Waals surface area contributed by atoms with Gasteiger partial charge in [-0.15, -0.1) is 0 Å². The Labute approximate surface area is 93.6 Å². The van der Waals surface area contributed by atoms with Crippen LogP contribution in [0.25, 0.3) is 0 Å². The van der Waals surface area contributed by atoms with Gasteiger partial charge in [-0.3, -0.25) is 4.79 Å². The van der Waals surface area contributed by atoms with E-state index >= 15 is 0 Å². The average molecular weight is 215 g/mol. The van der Waals surface area contributed by atoms with Crippen molar-refractivity contribution in [2.24, 2.45) is 11.8 Å². The number of ether oxygens (including phenoxy) is 1. The quantitative estimate of drug-likeness (QED) is 0.473. The molecule has 0 aliphatic heterocycles. The van der Waals surface area contributed by atoms with Crippen molar-refractivity contribution >= 4 is 6.47 Å². The molecule has 0 rings (SSSR count). The molecule has 0 amide bonds. The minimum Gasteiger partial charge on any atom is -0.464 e. The molecule has 0 unspecified atom stereocenters. The Hall–Kier alpha value is -0.570. The zero-order valence-corrected chi connectivity index (χ0v) is 10.5. The zero-order valence-electron chi connectivity index (χ0n) is 10.5. The Balaban J connectivity index is 3.61. The second-order valence-corrected chi connectivity index (χ2v) is 4.54. The molecule has 0 saturated carbocycles. The predicted molar refractivity (Wildman–Crippen MR) is 62.7 cm³/mol. The van der Waals surface area contributed by atoms with Gasteiger partial charge in [-0.2, -0.15) is 0 Å². The Morgan fingerprint density at radius 3 is 2.47 bits per heavy atom. The highest BCUT2D eigenvalue weighted by Crippen LogP contribution is 2.13. The molecule has 15 heavy (non-hydrogen) atoms. The van der Waals surface area contributed by atoms with Gasteiger partial charge in [-0.05, 0) is 37.8 Å². The molecule has 3 heteroatoms. The lowest BCUT2D eigenvalue weighted by Crippen LogP contribution is -2.27. The Kier molecular flexibility index (Phi) is 8.38. The monoisotopic (exact) mass is 215 g/mol. The second-order valence-electron chi connectivity index (χ2n) is 4.54. The van der Waals surface area contributed by atoms with E-state index in [0.717, 1.165) is 25.9 Å². The van der Waals surface area contributed by atoms with Crippen molar-refractivity contribution in [3.8, 4) is 0 Å². The average Bonchev–Trinajstić information content (AvgIpc) is 2.20. The Morgan fingerprint density at radius 1 is 1.33 bits per heavy atom. The number of rotatable bonds is 9. The highest BCUT2D eigenvalue weighted by molar-refractivity contribution is 5.37. The lowest BCUT2D eigenvalue weighted by atomic mass is 9.99. The first-order valence-corrected chi connectivity index (χ1v) is 5.91. The van der Waals surface area contributed by atoms with Crippen LogP contribution in [0, 0.1) is 11.8 Å². The fraction of sp³-hybridized carbons (Fsp3) is 0.917. The van der Waals surface area contributed by atoms with Crippen molar-refractivity contribution in [2.45, 2.75) is 46.6 Å². The molecule has 0 aromatic rings. The van der Waals surface area contributed by atoms with Crippen molar-refractivity contribution in [2.75, 3.05) is 13.1 Å². The SMILES string of the molecule is CC[C@@H](OC=O)[C@H](C)CCNCC(C)C. The van der Waals surface area contributed by atoms with Crippen LogP contribution in [0.4, 0.5) is 0 Å². The Bertz CT molecular complexity index is 160. The van der Waals surface area contributed by atoms with E-state index in [1.807, 2.05) is 6.92 Å². The molecule has 90 valence electrons. The van der Waals surface area contributed by atoms with Crippen molar-refractivity contribution in [3.05, 3.63) is 0 Å². The van der Waals surface area contributed by atoms with Crippen LogP contribution < -0.4 is 5.32 Å². The molecule has 0 saturated heterocycles. The van der Waals surface area contributed by atoms with Crippen molar-refractivity contribution in [3.63, 3.8) is 0 Å². The summed E-state index contributed by atoms with van der Waals surface area (Å²) in [6.07, 6.45) is 2.02. The van der Waals surface area contributed by atoms with E-state index in [0.29, 0.717) is 18.3 Å². The highest BCUT2D eigenvalue weighted by Gasteiger charge is 2.15. The van der Waals surface area contributed by atoms with Gasteiger partial charge in [-0.25, -0.2) is 0 Å². The fourth-order valence-corrected chi connectivity index (χ4v) is 1.61. The van der Waals surface area contributed by atoms with Crippen LogP contribution in [0.2, 0.25) is 0 Å². The summed E-state index contributed by atoms with van der Waals surface area (Å²) in [4.78, 5) is 10.3. The van der Waals surface area contributed by atoms with Crippen molar-refractivity contribution < 1.29 is 9.53 Å². The van der Waals surface area contributed by atoms with Gasteiger partial charge in [-0.1, -0.05) is 27.7 Å². The number of nitrogens with one attached hydrogen (secondary N) is 1. The molecular weight excluding hydrogens is 190 g/mol. The third-order valence-corrected chi connectivity index (χ3v) is 2.60. The molecule has 2 atom stereocenters. The maximum atomic E-state index is 10.3. The first kappa shape index (κ1) is 14.4. The molecule has 1 N–H and O–H groups in total. The summed E-state index contributed by atoms with van der Waals surface area (Å²) in [5.41, 5.74) is 0. The van der Waals surface area contributed by atoms with Gasteiger partial charge in [0, 0.05) is 0 Å². The van der Waals surface area contributed by atoms with Crippen molar-refractivity contribution in [1.82, 2.24) is 5.32 Å². The number of carbonyl (C=O) groups is 1. The minimum absolute atomic E-state index is 0.0725. The third kappa shape index (κ3) is 7.37. The molecule has 0 spiro atoms. The molecule has 0 aromatic carbocycles. The number of hydrogen-bond donors (Lipinski definition) is 1. The van der Waals surface area contributed by atoms with Gasteiger partial charge in [0.25, 0.3) is 6.47 Å². The molecular formula is C12H25NO2. The summed E-state index contributed by atoms with van der Waals surface area (Å²) in [7, 11) is 0. The van der Waals surface area contributed by atoms with Gasteiger partial charge in [0.1, 0.15) is 6.10 Å². The third-order valence-electron chi connectivity index (χ3n) is 2.60. The van der Waals surface area contributed by atoms with E-state index < -0.39 is 0 Å². The van der Waals surface area contributed by atoms with Crippen LogP contribution in [0.3, 0.4) is 0 Å². The number of hydrogen-bond acceptors (Lipinski definition) is 3. The Morgan fingerprint density at radius 2 is 2.00 bits per heavy atom. The maximum Gasteiger partial charge on any atom is 0.293 e. The van der Waals surface area contributed by atoms with Gasteiger partial charge in [0.05, 0.1) is 0 Å². The van der Waals surface area contributed by atoms with Gasteiger partial charge < -0.3 is 10.1 Å². The summed E-state index contributed by atoms with van der Waals surface area (Å²) in [5.74, 6) is 1.12. The highest BCUT2D eigenvalue weighted by atomic mass is 16.5. The first-order chi connectivity index (χ1) is 7.11. The first-order valence-electron chi connectivity index (χ1n) is 5.91. The van der Waals surface area contributed by atoms with E-state index in [-0.39, 0.29) is 6.10 Å². The van der Waals surface area contributed by atoms with E-state index in [1.165, 1.54) is 0 Å². The van der Waals surface area contributed by atoms with Crippen LogP contribution in [-0.4, -0.2) is 25.7 Å². The minimum atomic E-state index is 0.0725. The predicted octanol–water partition coefficient (Wildman–Crippen LogP) is 2.21. The molecule has 0 aromatic heterocycles. The molecule has 0 heterocycles. The fourth-order valence-electron chi connectivity index (χ4n) is 1.61. The summed E-state index contributed by atoms with van der Waals surface area (Å²) in [5, 5.41) is 3.39. The van der Waals surface area contributed by atoms with E-state index in [1.54, 1.807) is 0 Å². The molecule has 0 fully saturated rings. The molecule has 0 aliphatic rings. The van der Waals surface area contributed by atoms with E-state index in [9.17, 15) is 4.79 Å². The summed E-state index contributed by atoms with van der Waals surface area (Å²) < 4.78 is 5.02. The smallest absolute Gasteiger partial charge is 0.293 e. The molecule has 0 aliphatic carbocycles. The summed E-state index contributed by atoms with van der Waals surface area (Å²) in [6, 6.07) is 0. The van der Waals surface area contributed by atoms with Crippen LogP contribution >= 0.6 is 0 Å².